The van der Waals surface area contributed by atoms with E-state index < -0.39 is 11.7 Å². The Hall–Kier alpha value is -1.60. The highest BCUT2D eigenvalue weighted by Crippen LogP contribution is 2.19. The number of nitrogens with one attached hydrogen (secondary N) is 2. The average molecular weight is 324 g/mol. The molecule has 1 amide bonds. The second-order valence-corrected chi connectivity index (χ2v) is 7.05. The van der Waals surface area contributed by atoms with Gasteiger partial charge in [0.1, 0.15) is 11.4 Å². The molecule has 2 rings (SSSR count). The SMILES string of the molecule is CC1CCC(CNCc2cnn(C)c2NC(=O)OC(C)(C)C)O1. The zero-order chi connectivity index (χ0) is 17.0. The Balaban J connectivity index is 1.86. The molecule has 23 heavy (non-hydrogen) atoms. The molecule has 7 nitrogen and oxygen atoms in total. The van der Waals surface area contributed by atoms with Gasteiger partial charge in [0.25, 0.3) is 0 Å². The van der Waals surface area contributed by atoms with Crippen LogP contribution < -0.4 is 10.6 Å². The van der Waals surface area contributed by atoms with Crippen molar-refractivity contribution in [2.75, 3.05) is 11.9 Å². The van der Waals surface area contributed by atoms with E-state index in [1.165, 1.54) is 0 Å². The Morgan fingerprint density at radius 3 is 2.83 bits per heavy atom. The van der Waals surface area contributed by atoms with E-state index in [9.17, 15) is 4.79 Å². The number of anilines is 1. The summed E-state index contributed by atoms with van der Waals surface area (Å²) in [6.07, 6.45) is 4.09. The van der Waals surface area contributed by atoms with Gasteiger partial charge < -0.3 is 14.8 Å². The fourth-order valence-corrected chi connectivity index (χ4v) is 2.58. The third kappa shape index (κ3) is 5.51. The lowest BCUT2D eigenvalue weighted by Gasteiger charge is -2.20. The molecule has 1 aromatic heterocycles. The number of hydrogen-bond acceptors (Lipinski definition) is 5. The largest absolute Gasteiger partial charge is 0.444 e. The van der Waals surface area contributed by atoms with Crippen LogP contribution in [0.5, 0.6) is 0 Å². The van der Waals surface area contributed by atoms with E-state index in [0.29, 0.717) is 18.5 Å². The van der Waals surface area contributed by atoms with Gasteiger partial charge in [0.2, 0.25) is 0 Å². The number of carbonyl (C=O) groups excluding carboxylic acids is 1. The van der Waals surface area contributed by atoms with Crippen LogP contribution in [0.1, 0.15) is 46.1 Å². The molecule has 1 fully saturated rings. The van der Waals surface area contributed by atoms with Crippen LogP contribution in [0, 0.1) is 0 Å². The fourth-order valence-electron chi connectivity index (χ4n) is 2.58. The number of rotatable bonds is 5. The normalized spacial score (nSPS) is 21.4. The molecule has 0 radical (unpaired) electrons. The second kappa shape index (κ2) is 7.31. The van der Waals surface area contributed by atoms with Crippen molar-refractivity contribution in [1.82, 2.24) is 15.1 Å². The first-order valence-electron chi connectivity index (χ1n) is 8.11. The Morgan fingerprint density at radius 2 is 2.22 bits per heavy atom. The Labute approximate surface area is 137 Å². The first kappa shape index (κ1) is 17.7. The van der Waals surface area contributed by atoms with Crippen LogP contribution in [0.15, 0.2) is 6.20 Å². The molecule has 0 bridgehead atoms. The summed E-state index contributed by atoms with van der Waals surface area (Å²) in [4.78, 5) is 11.9. The summed E-state index contributed by atoms with van der Waals surface area (Å²) in [6.45, 7) is 9.02. The zero-order valence-electron chi connectivity index (χ0n) is 14.7. The van der Waals surface area contributed by atoms with Crippen molar-refractivity contribution in [3.05, 3.63) is 11.8 Å². The minimum absolute atomic E-state index is 0.268. The quantitative estimate of drug-likeness (QED) is 0.870. The number of aromatic nitrogens is 2. The second-order valence-electron chi connectivity index (χ2n) is 7.05. The zero-order valence-corrected chi connectivity index (χ0v) is 14.7. The van der Waals surface area contributed by atoms with Gasteiger partial charge in [0, 0.05) is 25.7 Å². The minimum atomic E-state index is -0.530. The topological polar surface area (TPSA) is 77.4 Å². The van der Waals surface area contributed by atoms with Gasteiger partial charge in [-0.2, -0.15) is 5.10 Å². The smallest absolute Gasteiger partial charge is 0.413 e. The summed E-state index contributed by atoms with van der Waals surface area (Å²) in [5, 5.41) is 10.3. The summed E-state index contributed by atoms with van der Waals surface area (Å²) >= 11 is 0. The Morgan fingerprint density at radius 1 is 1.48 bits per heavy atom. The van der Waals surface area contributed by atoms with Crippen LogP contribution in [0.3, 0.4) is 0 Å². The van der Waals surface area contributed by atoms with Gasteiger partial charge >= 0.3 is 6.09 Å². The van der Waals surface area contributed by atoms with Gasteiger partial charge in [-0.3, -0.25) is 10.00 Å². The molecule has 1 aromatic rings. The third-order valence-electron chi connectivity index (χ3n) is 3.64. The summed E-state index contributed by atoms with van der Waals surface area (Å²) < 4.78 is 12.7. The predicted octanol–water partition coefficient (Wildman–Crippen LogP) is 2.42. The highest BCUT2D eigenvalue weighted by atomic mass is 16.6. The maximum atomic E-state index is 11.9. The molecular formula is C16H28N4O3. The van der Waals surface area contributed by atoms with Gasteiger partial charge in [-0.25, -0.2) is 4.79 Å². The molecule has 2 N–H and O–H groups in total. The molecule has 130 valence electrons. The molecule has 0 aromatic carbocycles. The van der Waals surface area contributed by atoms with Crippen LogP contribution in [0.25, 0.3) is 0 Å². The molecule has 7 heteroatoms. The van der Waals surface area contributed by atoms with Crippen LogP contribution in [0.2, 0.25) is 0 Å². The number of amides is 1. The van der Waals surface area contributed by atoms with Crippen LogP contribution in [-0.2, 0) is 23.1 Å². The van der Waals surface area contributed by atoms with Gasteiger partial charge in [0.05, 0.1) is 18.4 Å². The van der Waals surface area contributed by atoms with Crippen molar-refractivity contribution < 1.29 is 14.3 Å². The molecule has 0 spiro atoms. The predicted molar refractivity (Wildman–Crippen MR) is 88.3 cm³/mol. The maximum absolute atomic E-state index is 11.9. The van der Waals surface area contributed by atoms with E-state index in [4.69, 9.17) is 9.47 Å². The van der Waals surface area contributed by atoms with E-state index in [1.54, 1.807) is 17.9 Å². The van der Waals surface area contributed by atoms with Gasteiger partial charge in [0.15, 0.2) is 0 Å². The fraction of sp³-hybridized carbons (Fsp3) is 0.750. The van der Waals surface area contributed by atoms with Crippen molar-refractivity contribution in [2.45, 2.75) is 64.9 Å². The summed E-state index contributed by atoms with van der Waals surface area (Å²) in [5.74, 6) is 0.646. The molecule has 1 aliphatic rings. The molecule has 0 aliphatic carbocycles. The molecule has 2 heterocycles. The molecular weight excluding hydrogens is 296 g/mol. The Bertz CT molecular complexity index is 536. The molecule has 2 unspecified atom stereocenters. The van der Waals surface area contributed by atoms with Crippen molar-refractivity contribution in [3.8, 4) is 0 Å². The number of nitrogens with zero attached hydrogens (tertiary/aromatic N) is 2. The number of aryl methyl sites for hydroxylation is 1. The van der Waals surface area contributed by atoms with Crippen LogP contribution >= 0.6 is 0 Å². The van der Waals surface area contributed by atoms with E-state index in [0.717, 1.165) is 24.9 Å². The standard InChI is InChI=1S/C16H28N4O3/c1-11-6-7-13(22-11)10-17-8-12-9-18-20(5)14(12)19-15(21)23-16(2,3)4/h9,11,13,17H,6-8,10H2,1-5H3,(H,19,21). The summed E-state index contributed by atoms with van der Waals surface area (Å²) in [6, 6.07) is 0. The monoisotopic (exact) mass is 324 g/mol. The highest BCUT2D eigenvalue weighted by Gasteiger charge is 2.22. The summed E-state index contributed by atoms with van der Waals surface area (Å²) in [5.41, 5.74) is 0.391. The highest BCUT2D eigenvalue weighted by molar-refractivity contribution is 5.84. The Kier molecular flexibility index (Phi) is 5.64. The van der Waals surface area contributed by atoms with E-state index >= 15 is 0 Å². The van der Waals surface area contributed by atoms with Crippen molar-refractivity contribution in [1.29, 1.82) is 0 Å². The maximum Gasteiger partial charge on any atom is 0.413 e. The number of hydrogen-bond donors (Lipinski definition) is 2. The average Bonchev–Trinajstić information content (AvgIpc) is 2.97. The van der Waals surface area contributed by atoms with Gasteiger partial charge in [-0.1, -0.05) is 0 Å². The molecule has 2 atom stereocenters. The molecule has 0 saturated carbocycles. The molecule has 1 saturated heterocycles. The van der Waals surface area contributed by atoms with E-state index in [2.05, 4.69) is 22.7 Å². The lowest BCUT2D eigenvalue weighted by atomic mass is 10.2. The number of ether oxygens (including phenoxy) is 2. The van der Waals surface area contributed by atoms with Crippen molar-refractivity contribution in [3.63, 3.8) is 0 Å². The van der Waals surface area contributed by atoms with E-state index in [1.807, 2.05) is 20.8 Å². The van der Waals surface area contributed by atoms with Crippen LogP contribution in [-0.4, -0.2) is 40.2 Å². The lowest BCUT2D eigenvalue weighted by molar-refractivity contribution is 0.0558. The van der Waals surface area contributed by atoms with Gasteiger partial charge in [-0.05, 0) is 40.5 Å². The minimum Gasteiger partial charge on any atom is -0.444 e. The number of carbonyl (C=O) groups is 1. The molecule has 1 aliphatic heterocycles. The van der Waals surface area contributed by atoms with Crippen molar-refractivity contribution >= 4 is 11.9 Å². The lowest BCUT2D eigenvalue weighted by Crippen LogP contribution is -2.29. The third-order valence-corrected chi connectivity index (χ3v) is 3.64. The van der Waals surface area contributed by atoms with E-state index in [-0.39, 0.29) is 6.10 Å². The van der Waals surface area contributed by atoms with Gasteiger partial charge in [-0.15, -0.1) is 0 Å². The van der Waals surface area contributed by atoms with Crippen LogP contribution in [0.4, 0.5) is 10.6 Å². The summed E-state index contributed by atoms with van der Waals surface area (Å²) in [7, 11) is 1.79. The first-order chi connectivity index (χ1) is 10.7. The van der Waals surface area contributed by atoms with Crippen molar-refractivity contribution in [2.24, 2.45) is 7.05 Å². The first-order valence-corrected chi connectivity index (χ1v) is 8.11.